The molecule has 5 heteroatoms. The minimum atomic E-state index is -0.259. The molecule has 0 aliphatic carbocycles. The van der Waals surface area contributed by atoms with E-state index in [1.807, 2.05) is 30.3 Å². The smallest absolute Gasteiger partial charge is 0.145 e. The molecule has 3 rings (SSSR count). The molecule has 2 aromatic rings. The Kier molecular flexibility index (Phi) is 4.88. The summed E-state index contributed by atoms with van der Waals surface area (Å²) < 4.78 is 18.5. The van der Waals surface area contributed by atoms with Gasteiger partial charge in [0, 0.05) is 25.1 Å². The minimum Gasteiger partial charge on any atom is -0.497 e. The highest BCUT2D eigenvalue weighted by molar-refractivity contribution is 6.01. The highest BCUT2D eigenvalue weighted by atomic mass is 19.1. The van der Waals surface area contributed by atoms with E-state index in [2.05, 4.69) is 10.5 Å². The average Bonchev–Trinajstić information content (AvgIpc) is 3.04. The molecule has 0 aromatic heterocycles. The first-order valence-electron chi connectivity index (χ1n) is 7.57. The van der Waals surface area contributed by atoms with Gasteiger partial charge < -0.3 is 14.9 Å². The molecule has 0 radical (unpaired) electrons. The summed E-state index contributed by atoms with van der Waals surface area (Å²) in [5.41, 5.74) is 2.71. The second-order valence-electron chi connectivity index (χ2n) is 5.46. The van der Waals surface area contributed by atoms with Crippen molar-refractivity contribution in [1.29, 1.82) is 0 Å². The third kappa shape index (κ3) is 4.07. The van der Waals surface area contributed by atoms with Gasteiger partial charge in [0.1, 0.15) is 17.7 Å². The van der Waals surface area contributed by atoms with Gasteiger partial charge in [-0.3, -0.25) is 0 Å². The second-order valence-corrected chi connectivity index (χ2v) is 5.46. The third-order valence-electron chi connectivity index (χ3n) is 3.73. The van der Waals surface area contributed by atoms with E-state index in [0.29, 0.717) is 13.0 Å². The number of nitrogens with one attached hydrogen (secondary N) is 1. The summed E-state index contributed by atoms with van der Waals surface area (Å²) in [7, 11) is 1.66. The summed E-state index contributed by atoms with van der Waals surface area (Å²) in [5, 5.41) is 7.42. The van der Waals surface area contributed by atoms with Crippen molar-refractivity contribution >= 4 is 5.71 Å². The van der Waals surface area contributed by atoms with E-state index in [1.165, 1.54) is 12.1 Å². The Morgan fingerprint density at radius 3 is 2.96 bits per heavy atom. The minimum absolute atomic E-state index is 0.0288. The molecule has 1 atom stereocenters. The maximum atomic E-state index is 13.3. The fraction of sp³-hybridized carbons (Fsp3) is 0.278. The SMILES string of the molecule is COc1cccc(CNC[C@H]2CC(c3cccc(F)c3)=NO2)c1. The van der Waals surface area contributed by atoms with Gasteiger partial charge in [0.2, 0.25) is 0 Å². The van der Waals surface area contributed by atoms with Crippen LogP contribution in [0.3, 0.4) is 0 Å². The quantitative estimate of drug-likeness (QED) is 0.891. The molecule has 0 unspecified atom stereocenters. The molecule has 1 heterocycles. The van der Waals surface area contributed by atoms with Gasteiger partial charge in [0.05, 0.1) is 12.8 Å². The van der Waals surface area contributed by atoms with Crippen LogP contribution in [0.5, 0.6) is 5.75 Å². The first-order chi connectivity index (χ1) is 11.2. The Bertz CT molecular complexity index is 703. The molecular weight excluding hydrogens is 295 g/mol. The van der Waals surface area contributed by atoms with E-state index < -0.39 is 0 Å². The molecule has 0 fully saturated rings. The van der Waals surface area contributed by atoms with Gasteiger partial charge >= 0.3 is 0 Å². The number of ether oxygens (including phenoxy) is 1. The Morgan fingerprint density at radius 1 is 1.26 bits per heavy atom. The van der Waals surface area contributed by atoms with Crippen molar-refractivity contribution in [3.05, 3.63) is 65.5 Å². The number of methoxy groups -OCH3 is 1. The summed E-state index contributed by atoms with van der Waals surface area (Å²) in [5.74, 6) is 0.586. The van der Waals surface area contributed by atoms with Gasteiger partial charge in [-0.15, -0.1) is 0 Å². The van der Waals surface area contributed by atoms with Crippen molar-refractivity contribution in [2.45, 2.75) is 19.1 Å². The highest BCUT2D eigenvalue weighted by Crippen LogP contribution is 2.17. The summed E-state index contributed by atoms with van der Waals surface area (Å²) in [4.78, 5) is 5.42. The first-order valence-corrected chi connectivity index (χ1v) is 7.57. The topological polar surface area (TPSA) is 42.8 Å². The van der Waals surface area contributed by atoms with E-state index >= 15 is 0 Å². The van der Waals surface area contributed by atoms with Gasteiger partial charge in [-0.05, 0) is 29.8 Å². The van der Waals surface area contributed by atoms with Crippen LogP contribution in [0, 0.1) is 5.82 Å². The van der Waals surface area contributed by atoms with Crippen LogP contribution in [0.15, 0.2) is 53.7 Å². The number of nitrogens with zero attached hydrogens (tertiary/aromatic N) is 1. The Hall–Kier alpha value is -2.40. The fourth-order valence-corrected chi connectivity index (χ4v) is 2.54. The molecule has 0 saturated heterocycles. The summed E-state index contributed by atoms with van der Waals surface area (Å²) in [6, 6.07) is 14.4. The van der Waals surface area contributed by atoms with Crippen LogP contribution in [0.2, 0.25) is 0 Å². The predicted octanol–water partition coefficient (Wildman–Crippen LogP) is 3.12. The third-order valence-corrected chi connectivity index (χ3v) is 3.73. The van der Waals surface area contributed by atoms with E-state index in [0.717, 1.165) is 29.1 Å². The molecule has 0 spiro atoms. The number of halogens is 1. The van der Waals surface area contributed by atoms with Gasteiger partial charge in [0.25, 0.3) is 0 Å². The van der Waals surface area contributed by atoms with E-state index in [1.54, 1.807) is 13.2 Å². The van der Waals surface area contributed by atoms with Crippen molar-refractivity contribution < 1.29 is 14.0 Å². The highest BCUT2D eigenvalue weighted by Gasteiger charge is 2.21. The maximum absolute atomic E-state index is 13.3. The summed E-state index contributed by atoms with van der Waals surface area (Å²) in [6.45, 7) is 1.41. The molecule has 120 valence electrons. The molecule has 2 aromatic carbocycles. The van der Waals surface area contributed by atoms with Crippen molar-refractivity contribution in [1.82, 2.24) is 5.32 Å². The number of hydrogen-bond donors (Lipinski definition) is 1. The molecule has 1 aliphatic rings. The second kappa shape index (κ2) is 7.24. The number of benzene rings is 2. The largest absolute Gasteiger partial charge is 0.497 e. The van der Waals surface area contributed by atoms with Crippen molar-refractivity contribution in [3.8, 4) is 5.75 Å². The standard InChI is InChI=1S/C18H19FN2O2/c1-22-16-7-2-4-13(8-16)11-20-12-17-10-18(21-23-17)14-5-3-6-15(19)9-14/h2-9,17,20H,10-12H2,1H3/t17-/m1/s1. The molecular formula is C18H19FN2O2. The predicted molar refractivity (Wildman–Crippen MR) is 87.1 cm³/mol. The van der Waals surface area contributed by atoms with Crippen LogP contribution in [0.25, 0.3) is 0 Å². The molecule has 4 nitrogen and oxygen atoms in total. The van der Waals surface area contributed by atoms with Crippen LogP contribution in [0.1, 0.15) is 17.5 Å². The fourth-order valence-electron chi connectivity index (χ4n) is 2.54. The van der Waals surface area contributed by atoms with E-state index in [-0.39, 0.29) is 11.9 Å². The van der Waals surface area contributed by atoms with E-state index in [9.17, 15) is 4.39 Å². The summed E-state index contributed by atoms with van der Waals surface area (Å²) >= 11 is 0. The number of hydrogen-bond acceptors (Lipinski definition) is 4. The lowest BCUT2D eigenvalue weighted by Crippen LogP contribution is -2.26. The molecule has 0 bridgehead atoms. The molecule has 1 aliphatic heterocycles. The Labute approximate surface area is 134 Å². The Balaban J connectivity index is 1.48. The number of oxime groups is 1. The van der Waals surface area contributed by atoms with Crippen LogP contribution in [0.4, 0.5) is 4.39 Å². The lowest BCUT2D eigenvalue weighted by Gasteiger charge is -2.10. The van der Waals surface area contributed by atoms with Gasteiger partial charge in [-0.1, -0.05) is 29.4 Å². The lowest BCUT2D eigenvalue weighted by molar-refractivity contribution is 0.0848. The monoisotopic (exact) mass is 314 g/mol. The van der Waals surface area contributed by atoms with Crippen LogP contribution < -0.4 is 10.1 Å². The van der Waals surface area contributed by atoms with Crippen molar-refractivity contribution in [2.24, 2.45) is 5.16 Å². The molecule has 1 N–H and O–H groups in total. The first kappa shape index (κ1) is 15.5. The maximum Gasteiger partial charge on any atom is 0.145 e. The zero-order valence-corrected chi connectivity index (χ0v) is 13.0. The average molecular weight is 314 g/mol. The van der Waals surface area contributed by atoms with Crippen LogP contribution >= 0.6 is 0 Å². The molecule has 0 saturated carbocycles. The van der Waals surface area contributed by atoms with Crippen LogP contribution in [-0.2, 0) is 11.4 Å². The van der Waals surface area contributed by atoms with Crippen molar-refractivity contribution in [3.63, 3.8) is 0 Å². The summed E-state index contributed by atoms with van der Waals surface area (Å²) in [6.07, 6.45) is 0.646. The van der Waals surface area contributed by atoms with Crippen LogP contribution in [-0.4, -0.2) is 25.5 Å². The number of rotatable bonds is 6. The Morgan fingerprint density at radius 2 is 2.13 bits per heavy atom. The van der Waals surface area contributed by atoms with Gasteiger partial charge in [0.15, 0.2) is 0 Å². The molecule has 23 heavy (non-hydrogen) atoms. The normalized spacial score (nSPS) is 16.8. The zero-order chi connectivity index (χ0) is 16.1. The van der Waals surface area contributed by atoms with Gasteiger partial charge in [-0.25, -0.2) is 4.39 Å². The van der Waals surface area contributed by atoms with E-state index in [4.69, 9.17) is 9.57 Å². The molecule has 0 amide bonds. The van der Waals surface area contributed by atoms with Gasteiger partial charge in [-0.2, -0.15) is 0 Å². The lowest BCUT2D eigenvalue weighted by atomic mass is 10.0. The zero-order valence-electron chi connectivity index (χ0n) is 13.0. The van der Waals surface area contributed by atoms with Crippen molar-refractivity contribution in [2.75, 3.05) is 13.7 Å².